The van der Waals surface area contributed by atoms with Crippen LogP contribution in [0.1, 0.15) is 53.3 Å². The summed E-state index contributed by atoms with van der Waals surface area (Å²) < 4.78 is 5.75. The average molecular weight is 430 g/mol. The fourth-order valence-corrected chi connectivity index (χ4v) is 5.20. The van der Waals surface area contributed by atoms with Crippen LogP contribution in [0.5, 0.6) is 5.75 Å². The van der Waals surface area contributed by atoms with Crippen LogP contribution in [0, 0.1) is 6.92 Å². The molecule has 166 valence electrons. The van der Waals surface area contributed by atoms with Gasteiger partial charge in [-0.3, -0.25) is 9.88 Å². The van der Waals surface area contributed by atoms with Crippen LogP contribution in [0.2, 0.25) is 0 Å². The molecule has 1 aliphatic heterocycles. The Bertz CT molecular complexity index is 1110. The van der Waals surface area contributed by atoms with Gasteiger partial charge in [0, 0.05) is 53.9 Å². The standard InChI is InChI=1S/C26H31N5O/c1-17-9-21(23-13-28-26(27)29-14-23)11-24(30-17)20-7-4-8-31(15-20)16-22-10-18-5-3-6-19(18)12-25(22)32-2/h9-14,20H,3-8,15-16H2,1-2H3,(H2,27,28,29). The van der Waals surface area contributed by atoms with Crippen LogP contribution < -0.4 is 10.5 Å². The molecule has 0 amide bonds. The summed E-state index contributed by atoms with van der Waals surface area (Å²) in [6.07, 6.45) is 9.54. The molecule has 0 radical (unpaired) electrons. The van der Waals surface area contributed by atoms with Gasteiger partial charge >= 0.3 is 0 Å². The minimum atomic E-state index is 0.296. The highest BCUT2D eigenvalue weighted by molar-refractivity contribution is 5.63. The lowest BCUT2D eigenvalue weighted by molar-refractivity contribution is 0.196. The summed E-state index contributed by atoms with van der Waals surface area (Å²) >= 11 is 0. The molecular formula is C26H31N5O. The molecule has 2 aromatic heterocycles. The van der Waals surface area contributed by atoms with Crippen LogP contribution in [0.15, 0.2) is 36.7 Å². The lowest BCUT2D eigenvalue weighted by Crippen LogP contribution is -2.34. The zero-order chi connectivity index (χ0) is 22.1. The van der Waals surface area contributed by atoms with Crippen LogP contribution in [0.4, 0.5) is 5.95 Å². The van der Waals surface area contributed by atoms with Crippen molar-refractivity contribution in [1.29, 1.82) is 0 Å². The smallest absolute Gasteiger partial charge is 0.219 e. The van der Waals surface area contributed by atoms with Gasteiger partial charge in [0.25, 0.3) is 0 Å². The van der Waals surface area contributed by atoms with E-state index in [0.717, 1.165) is 54.3 Å². The lowest BCUT2D eigenvalue weighted by atomic mass is 9.92. The van der Waals surface area contributed by atoms with Crippen molar-refractivity contribution in [2.45, 2.75) is 51.5 Å². The van der Waals surface area contributed by atoms with Crippen LogP contribution in [0.3, 0.4) is 0 Å². The Kier molecular flexibility index (Phi) is 5.79. The molecule has 1 aromatic carbocycles. The third kappa shape index (κ3) is 4.32. The Balaban J connectivity index is 1.36. The number of aromatic nitrogens is 3. The van der Waals surface area contributed by atoms with E-state index in [1.165, 1.54) is 42.4 Å². The van der Waals surface area contributed by atoms with E-state index in [0.29, 0.717) is 11.9 Å². The van der Waals surface area contributed by atoms with Gasteiger partial charge in [-0.25, -0.2) is 9.97 Å². The molecule has 0 spiro atoms. The van der Waals surface area contributed by atoms with Crippen LogP contribution in [-0.4, -0.2) is 40.1 Å². The van der Waals surface area contributed by atoms with Crippen LogP contribution in [-0.2, 0) is 19.4 Å². The SMILES string of the molecule is COc1cc2c(cc1CN1CCCC(c3cc(-c4cnc(N)nc4)cc(C)n3)C1)CCC2. The predicted molar refractivity (Wildman–Crippen MR) is 127 cm³/mol. The van der Waals surface area contributed by atoms with Crippen molar-refractivity contribution in [3.63, 3.8) is 0 Å². The number of piperidine rings is 1. The van der Waals surface area contributed by atoms with Crippen molar-refractivity contribution in [3.8, 4) is 16.9 Å². The van der Waals surface area contributed by atoms with E-state index in [9.17, 15) is 0 Å². The first-order valence-electron chi connectivity index (χ1n) is 11.6. The van der Waals surface area contributed by atoms with Crippen LogP contribution in [0.25, 0.3) is 11.1 Å². The molecule has 0 saturated carbocycles. The monoisotopic (exact) mass is 429 g/mol. The summed E-state index contributed by atoms with van der Waals surface area (Å²) in [6, 6.07) is 8.94. The number of nitrogens with zero attached hydrogens (tertiary/aromatic N) is 4. The molecule has 32 heavy (non-hydrogen) atoms. The topological polar surface area (TPSA) is 77.2 Å². The molecule has 1 atom stereocenters. The number of nitrogen functional groups attached to an aromatic ring is 1. The molecule has 2 N–H and O–H groups in total. The summed E-state index contributed by atoms with van der Waals surface area (Å²) in [4.78, 5) is 15.8. The zero-order valence-electron chi connectivity index (χ0n) is 19.0. The van der Waals surface area contributed by atoms with Crippen LogP contribution >= 0.6 is 0 Å². The number of hydrogen-bond acceptors (Lipinski definition) is 6. The highest BCUT2D eigenvalue weighted by Crippen LogP contribution is 2.33. The van der Waals surface area contributed by atoms with Crippen molar-refractivity contribution >= 4 is 5.95 Å². The minimum Gasteiger partial charge on any atom is -0.496 e. The summed E-state index contributed by atoms with van der Waals surface area (Å²) in [5.74, 6) is 1.74. The maximum Gasteiger partial charge on any atom is 0.219 e. The van der Waals surface area contributed by atoms with Crippen molar-refractivity contribution in [1.82, 2.24) is 19.9 Å². The second-order valence-electron chi connectivity index (χ2n) is 9.11. The Morgan fingerprint density at radius 1 is 1.03 bits per heavy atom. The second kappa shape index (κ2) is 8.87. The van der Waals surface area contributed by atoms with Gasteiger partial charge in [0.15, 0.2) is 0 Å². The second-order valence-corrected chi connectivity index (χ2v) is 9.11. The van der Waals surface area contributed by atoms with Crippen molar-refractivity contribution in [3.05, 3.63) is 64.7 Å². The molecule has 2 aliphatic rings. The molecular weight excluding hydrogens is 398 g/mol. The number of pyridine rings is 1. The van der Waals surface area contributed by atoms with Gasteiger partial charge < -0.3 is 10.5 Å². The first-order chi connectivity index (χ1) is 15.6. The van der Waals surface area contributed by atoms with E-state index in [-0.39, 0.29) is 0 Å². The largest absolute Gasteiger partial charge is 0.496 e. The number of anilines is 1. The Labute approximate surface area is 189 Å². The number of likely N-dealkylation sites (tertiary alicyclic amines) is 1. The van der Waals surface area contributed by atoms with E-state index in [1.807, 2.05) is 0 Å². The molecule has 6 nitrogen and oxygen atoms in total. The summed E-state index contributed by atoms with van der Waals surface area (Å²) in [7, 11) is 1.79. The van der Waals surface area contributed by atoms with E-state index in [1.54, 1.807) is 19.5 Å². The van der Waals surface area contributed by atoms with E-state index < -0.39 is 0 Å². The molecule has 1 saturated heterocycles. The Morgan fingerprint density at radius 2 is 1.81 bits per heavy atom. The number of fused-ring (bicyclic) bond motifs is 1. The average Bonchev–Trinajstić information content (AvgIpc) is 3.26. The Hall–Kier alpha value is -2.99. The first-order valence-corrected chi connectivity index (χ1v) is 11.6. The number of nitrogens with two attached hydrogens (primary N) is 1. The van der Waals surface area contributed by atoms with E-state index >= 15 is 0 Å². The lowest BCUT2D eigenvalue weighted by Gasteiger charge is -2.33. The molecule has 0 bridgehead atoms. The van der Waals surface area contributed by atoms with Gasteiger partial charge in [0.1, 0.15) is 5.75 Å². The number of aryl methyl sites for hydroxylation is 3. The van der Waals surface area contributed by atoms with E-state index in [2.05, 4.69) is 46.1 Å². The summed E-state index contributed by atoms with van der Waals surface area (Å²) in [6.45, 7) is 5.11. The van der Waals surface area contributed by atoms with Gasteiger partial charge in [-0.05, 0) is 80.5 Å². The molecule has 1 aliphatic carbocycles. The minimum absolute atomic E-state index is 0.296. The van der Waals surface area contributed by atoms with Crippen molar-refractivity contribution < 1.29 is 4.74 Å². The molecule has 5 rings (SSSR count). The fraction of sp³-hybridized carbons (Fsp3) is 0.423. The summed E-state index contributed by atoms with van der Waals surface area (Å²) in [5.41, 5.74) is 14.2. The third-order valence-corrected chi connectivity index (χ3v) is 6.79. The number of ether oxygens (including phenoxy) is 1. The number of benzene rings is 1. The van der Waals surface area contributed by atoms with E-state index in [4.69, 9.17) is 15.5 Å². The van der Waals surface area contributed by atoms with Gasteiger partial charge in [-0.1, -0.05) is 6.07 Å². The molecule has 3 aromatic rings. The highest BCUT2D eigenvalue weighted by atomic mass is 16.5. The van der Waals surface area contributed by atoms with Crippen molar-refractivity contribution in [2.24, 2.45) is 0 Å². The highest BCUT2D eigenvalue weighted by Gasteiger charge is 2.25. The van der Waals surface area contributed by atoms with Gasteiger partial charge in [-0.2, -0.15) is 0 Å². The molecule has 6 heteroatoms. The number of hydrogen-bond donors (Lipinski definition) is 1. The predicted octanol–water partition coefficient (Wildman–Crippen LogP) is 4.31. The maximum absolute atomic E-state index is 5.75. The fourth-order valence-electron chi connectivity index (χ4n) is 5.20. The summed E-state index contributed by atoms with van der Waals surface area (Å²) in [5, 5.41) is 0. The number of rotatable bonds is 5. The molecule has 1 unspecified atom stereocenters. The molecule has 3 heterocycles. The maximum atomic E-state index is 5.75. The van der Waals surface area contributed by atoms with Gasteiger partial charge in [0.05, 0.1) is 7.11 Å². The van der Waals surface area contributed by atoms with Crippen molar-refractivity contribution in [2.75, 3.05) is 25.9 Å². The van der Waals surface area contributed by atoms with Gasteiger partial charge in [0.2, 0.25) is 5.95 Å². The molecule has 1 fully saturated rings. The third-order valence-electron chi connectivity index (χ3n) is 6.79. The Morgan fingerprint density at radius 3 is 2.59 bits per heavy atom. The normalized spacial score (nSPS) is 18.5. The quantitative estimate of drug-likeness (QED) is 0.651. The first kappa shape index (κ1) is 20.9. The zero-order valence-corrected chi connectivity index (χ0v) is 19.0. The number of methoxy groups -OCH3 is 1. The van der Waals surface area contributed by atoms with Gasteiger partial charge in [-0.15, -0.1) is 0 Å².